The summed E-state index contributed by atoms with van der Waals surface area (Å²) in [6.07, 6.45) is 8.43. The summed E-state index contributed by atoms with van der Waals surface area (Å²) in [5.74, 6) is 3.17. The van der Waals surface area contributed by atoms with Crippen LogP contribution in [0, 0.1) is 5.92 Å². The lowest BCUT2D eigenvalue weighted by atomic mass is 9.80. The van der Waals surface area contributed by atoms with Crippen molar-refractivity contribution in [1.29, 1.82) is 0 Å². The van der Waals surface area contributed by atoms with E-state index in [9.17, 15) is 0 Å². The van der Waals surface area contributed by atoms with E-state index in [0.717, 1.165) is 18.0 Å². The fourth-order valence-electron chi connectivity index (χ4n) is 4.52. The molecule has 0 spiro atoms. The van der Waals surface area contributed by atoms with Gasteiger partial charge in [-0.25, -0.2) is 0 Å². The van der Waals surface area contributed by atoms with E-state index < -0.39 is 0 Å². The minimum Gasteiger partial charge on any atom is -0.454 e. The van der Waals surface area contributed by atoms with Crippen LogP contribution in [0.4, 0.5) is 0 Å². The average molecular weight is 301 g/mol. The quantitative estimate of drug-likeness (QED) is 0.743. The summed E-state index contributed by atoms with van der Waals surface area (Å²) in [6.45, 7) is 2.64. The van der Waals surface area contributed by atoms with E-state index in [4.69, 9.17) is 9.47 Å². The highest BCUT2D eigenvalue weighted by atomic mass is 32.2. The Labute approximate surface area is 129 Å². The summed E-state index contributed by atoms with van der Waals surface area (Å²) in [5.41, 5.74) is 2.94. The minimum atomic E-state index is 0.369. The standard InChI is InChI=1S/C17H19NO2S/c1-21-11-2-3-12-14-8-18(15(12)5-11)7-10-4-16-17(6-13(10)14)20-9-19-16/h2-4,6,11-12,14-15H,5,7-9H2,1H3/t11?,12-,14+,15-/m0/s1. The maximum atomic E-state index is 5.58. The van der Waals surface area contributed by atoms with Crippen LogP contribution in [-0.2, 0) is 6.54 Å². The number of ether oxygens (including phenoxy) is 2. The molecule has 0 N–H and O–H groups in total. The molecule has 21 heavy (non-hydrogen) atoms. The molecule has 1 aromatic rings. The van der Waals surface area contributed by atoms with Gasteiger partial charge in [0.1, 0.15) is 0 Å². The van der Waals surface area contributed by atoms with Crippen molar-refractivity contribution < 1.29 is 9.47 Å². The van der Waals surface area contributed by atoms with Crippen molar-refractivity contribution >= 4 is 11.8 Å². The van der Waals surface area contributed by atoms with Crippen LogP contribution >= 0.6 is 11.8 Å². The Morgan fingerprint density at radius 3 is 2.90 bits per heavy atom. The van der Waals surface area contributed by atoms with Gasteiger partial charge in [-0.1, -0.05) is 12.2 Å². The van der Waals surface area contributed by atoms with Gasteiger partial charge in [-0.2, -0.15) is 11.8 Å². The van der Waals surface area contributed by atoms with Crippen molar-refractivity contribution in [3.8, 4) is 11.5 Å². The predicted octanol–water partition coefficient (Wildman–Crippen LogP) is 3.00. The molecule has 3 heterocycles. The molecule has 0 radical (unpaired) electrons. The molecule has 110 valence electrons. The minimum absolute atomic E-state index is 0.369. The fraction of sp³-hybridized carbons (Fsp3) is 0.529. The lowest BCUT2D eigenvalue weighted by Crippen LogP contribution is -2.35. The van der Waals surface area contributed by atoms with Crippen molar-refractivity contribution in [2.45, 2.75) is 30.2 Å². The van der Waals surface area contributed by atoms with E-state index in [0.29, 0.717) is 29.9 Å². The van der Waals surface area contributed by atoms with Crippen LogP contribution in [-0.4, -0.2) is 35.8 Å². The van der Waals surface area contributed by atoms with E-state index in [1.54, 1.807) is 0 Å². The molecule has 3 nitrogen and oxygen atoms in total. The monoisotopic (exact) mass is 301 g/mol. The van der Waals surface area contributed by atoms with Crippen molar-refractivity contribution in [2.24, 2.45) is 5.92 Å². The van der Waals surface area contributed by atoms with Gasteiger partial charge >= 0.3 is 0 Å². The molecule has 1 fully saturated rings. The Morgan fingerprint density at radius 1 is 1.19 bits per heavy atom. The van der Waals surface area contributed by atoms with Crippen molar-refractivity contribution in [2.75, 3.05) is 19.6 Å². The SMILES string of the molecule is CSC1C=C[C@H]2[C@H]3CN(Cc4cc5c(cc43)OCO5)[C@H]2C1. The van der Waals surface area contributed by atoms with Crippen LogP contribution in [0.3, 0.4) is 0 Å². The van der Waals surface area contributed by atoms with Crippen molar-refractivity contribution in [3.63, 3.8) is 0 Å². The molecule has 0 aromatic heterocycles. The molecule has 3 aliphatic heterocycles. The average Bonchev–Trinajstić information content (AvgIpc) is 3.08. The van der Waals surface area contributed by atoms with Crippen LogP contribution in [0.25, 0.3) is 0 Å². The Hall–Kier alpha value is -1.13. The van der Waals surface area contributed by atoms with Gasteiger partial charge in [0.25, 0.3) is 0 Å². The molecule has 0 saturated carbocycles. The third-order valence-corrected chi connectivity index (χ3v) is 6.50. The number of nitrogens with zero attached hydrogens (tertiary/aromatic N) is 1. The molecule has 5 rings (SSSR count). The maximum Gasteiger partial charge on any atom is 0.231 e. The molecule has 0 amide bonds. The van der Waals surface area contributed by atoms with Crippen molar-refractivity contribution in [1.82, 2.24) is 4.90 Å². The second kappa shape index (κ2) is 4.43. The Kier molecular flexibility index (Phi) is 2.62. The van der Waals surface area contributed by atoms with Gasteiger partial charge < -0.3 is 9.47 Å². The molecular weight excluding hydrogens is 282 g/mol. The molecule has 2 bridgehead atoms. The van der Waals surface area contributed by atoms with Crippen LogP contribution in [0.1, 0.15) is 23.5 Å². The first kappa shape index (κ1) is 12.4. The Balaban J connectivity index is 1.57. The van der Waals surface area contributed by atoms with Gasteiger partial charge in [0, 0.05) is 36.2 Å². The summed E-state index contributed by atoms with van der Waals surface area (Å²) in [7, 11) is 0. The molecule has 2 unspecified atom stereocenters. The van der Waals surface area contributed by atoms with E-state index >= 15 is 0 Å². The highest BCUT2D eigenvalue weighted by Crippen LogP contribution is 2.50. The smallest absolute Gasteiger partial charge is 0.231 e. The van der Waals surface area contributed by atoms with Gasteiger partial charge in [-0.15, -0.1) is 0 Å². The largest absolute Gasteiger partial charge is 0.454 e. The maximum absolute atomic E-state index is 5.58. The van der Waals surface area contributed by atoms with Gasteiger partial charge in [0.05, 0.1) is 0 Å². The van der Waals surface area contributed by atoms with Crippen molar-refractivity contribution in [3.05, 3.63) is 35.4 Å². The predicted molar refractivity (Wildman–Crippen MR) is 84.1 cm³/mol. The second-order valence-electron chi connectivity index (χ2n) is 6.48. The topological polar surface area (TPSA) is 21.7 Å². The Bertz CT molecular complexity index is 629. The molecule has 1 aromatic carbocycles. The number of fused-ring (bicyclic) bond motifs is 8. The highest BCUT2D eigenvalue weighted by Gasteiger charge is 2.47. The zero-order valence-corrected chi connectivity index (χ0v) is 12.9. The van der Waals surface area contributed by atoms with E-state index in [1.165, 1.54) is 24.1 Å². The second-order valence-corrected chi connectivity index (χ2v) is 7.56. The summed E-state index contributed by atoms with van der Waals surface area (Å²) in [4.78, 5) is 2.69. The molecule has 4 aliphatic rings. The van der Waals surface area contributed by atoms with Crippen LogP contribution in [0.15, 0.2) is 24.3 Å². The number of benzene rings is 1. The van der Waals surface area contributed by atoms with Gasteiger partial charge in [0.2, 0.25) is 6.79 Å². The lowest BCUT2D eigenvalue weighted by Gasteiger charge is -2.31. The zero-order chi connectivity index (χ0) is 14.0. The number of thioether (sulfide) groups is 1. The number of hydrogen-bond donors (Lipinski definition) is 0. The number of rotatable bonds is 1. The first-order valence-electron chi connectivity index (χ1n) is 7.71. The summed E-state index contributed by atoms with van der Waals surface area (Å²) < 4.78 is 11.1. The Morgan fingerprint density at radius 2 is 2.05 bits per heavy atom. The summed E-state index contributed by atoms with van der Waals surface area (Å²) in [5, 5.41) is 0.686. The third-order valence-electron chi connectivity index (χ3n) is 5.54. The molecule has 1 saturated heterocycles. The number of hydrogen-bond acceptors (Lipinski definition) is 4. The van der Waals surface area contributed by atoms with E-state index in [1.807, 2.05) is 11.8 Å². The molecular formula is C17H19NO2S. The highest BCUT2D eigenvalue weighted by molar-refractivity contribution is 7.99. The zero-order valence-electron chi connectivity index (χ0n) is 12.1. The normalized spacial score (nSPS) is 38.2. The first-order valence-corrected chi connectivity index (χ1v) is 9.00. The van der Waals surface area contributed by atoms with E-state index in [-0.39, 0.29) is 0 Å². The van der Waals surface area contributed by atoms with Crippen LogP contribution < -0.4 is 9.47 Å². The summed E-state index contributed by atoms with van der Waals surface area (Å²) >= 11 is 1.98. The van der Waals surface area contributed by atoms with Crippen LogP contribution in [0.2, 0.25) is 0 Å². The third kappa shape index (κ3) is 1.72. The molecule has 1 aliphatic carbocycles. The summed E-state index contributed by atoms with van der Waals surface area (Å²) in [6, 6.07) is 5.17. The van der Waals surface area contributed by atoms with Crippen LogP contribution in [0.5, 0.6) is 11.5 Å². The molecule has 5 atom stereocenters. The van der Waals surface area contributed by atoms with Gasteiger partial charge in [-0.05, 0) is 35.9 Å². The van der Waals surface area contributed by atoms with Gasteiger partial charge in [-0.3, -0.25) is 4.90 Å². The lowest BCUT2D eigenvalue weighted by molar-refractivity contribution is 0.173. The van der Waals surface area contributed by atoms with Gasteiger partial charge in [0.15, 0.2) is 11.5 Å². The molecule has 4 heteroatoms. The first-order chi connectivity index (χ1) is 10.3. The fourth-order valence-corrected chi connectivity index (χ4v) is 5.16. The van der Waals surface area contributed by atoms with E-state index in [2.05, 4.69) is 35.4 Å².